The van der Waals surface area contributed by atoms with E-state index in [1.807, 2.05) is 6.08 Å². The molecule has 1 aliphatic heterocycles. The Morgan fingerprint density at radius 1 is 1.43 bits per heavy atom. The van der Waals surface area contributed by atoms with E-state index in [9.17, 15) is 9.59 Å². The van der Waals surface area contributed by atoms with Gasteiger partial charge in [-0.3, -0.25) is 9.59 Å². The van der Waals surface area contributed by atoms with Crippen molar-refractivity contribution >= 4 is 11.8 Å². The second kappa shape index (κ2) is 2.47. The number of hydrogen-bond acceptors (Lipinski definition) is 3. The fourth-order valence-electron chi connectivity index (χ4n) is 3.20. The monoisotopic (exact) mass is 192 g/mol. The van der Waals surface area contributed by atoms with Crippen LogP contribution in [0.3, 0.4) is 0 Å². The highest BCUT2D eigenvalue weighted by molar-refractivity contribution is 5.94. The number of carbonyl (C=O) groups excluding carboxylic acids is 2. The minimum Gasteiger partial charge on any atom is -0.465 e. The number of ketones is 1. The van der Waals surface area contributed by atoms with Crippen LogP contribution in [0, 0.1) is 17.3 Å². The maximum atomic E-state index is 11.7. The van der Waals surface area contributed by atoms with E-state index in [4.69, 9.17) is 4.74 Å². The molecular formula is C11H12O3. The summed E-state index contributed by atoms with van der Waals surface area (Å²) in [5.74, 6) is 0.175. The number of cyclic esters (lactones) is 1. The summed E-state index contributed by atoms with van der Waals surface area (Å²) < 4.78 is 5.11. The molecule has 3 aliphatic rings. The van der Waals surface area contributed by atoms with Crippen molar-refractivity contribution in [2.75, 3.05) is 6.61 Å². The molecule has 0 N–H and O–H groups in total. The summed E-state index contributed by atoms with van der Waals surface area (Å²) >= 11 is 0. The van der Waals surface area contributed by atoms with Gasteiger partial charge in [0.05, 0.1) is 12.0 Å². The fraction of sp³-hybridized carbons (Fsp3) is 0.636. The molecular weight excluding hydrogens is 180 g/mol. The maximum Gasteiger partial charge on any atom is 0.313 e. The highest BCUT2D eigenvalue weighted by Crippen LogP contribution is 2.55. The summed E-state index contributed by atoms with van der Waals surface area (Å²) in [6.45, 7) is 0.471. The van der Waals surface area contributed by atoms with Crippen molar-refractivity contribution in [3.05, 3.63) is 12.2 Å². The van der Waals surface area contributed by atoms with Gasteiger partial charge in [-0.1, -0.05) is 12.2 Å². The van der Waals surface area contributed by atoms with Crippen LogP contribution in [0.1, 0.15) is 19.3 Å². The van der Waals surface area contributed by atoms with E-state index in [1.54, 1.807) is 0 Å². The van der Waals surface area contributed by atoms with Crippen LogP contribution in [-0.2, 0) is 14.3 Å². The second-order valence-electron chi connectivity index (χ2n) is 4.43. The average molecular weight is 192 g/mol. The van der Waals surface area contributed by atoms with Gasteiger partial charge < -0.3 is 4.74 Å². The third-order valence-electron chi connectivity index (χ3n) is 3.97. The Hall–Kier alpha value is -1.12. The van der Waals surface area contributed by atoms with E-state index in [0.717, 1.165) is 6.42 Å². The Balaban J connectivity index is 2.12. The summed E-state index contributed by atoms with van der Waals surface area (Å²) in [6, 6.07) is 0. The van der Waals surface area contributed by atoms with Gasteiger partial charge in [0, 0.05) is 18.3 Å². The summed E-state index contributed by atoms with van der Waals surface area (Å²) in [6.07, 6.45) is 6.06. The molecule has 0 bridgehead atoms. The molecule has 0 radical (unpaired) electrons. The SMILES string of the molecule is O=C1CC[C@@]23C(=O)OC[C@H]2C=CCC13. The largest absolute Gasteiger partial charge is 0.465 e. The van der Waals surface area contributed by atoms with Crippen molar-refractivity contribution < 1.29 is 14.3 Å². The fourth-order valence-corrected chi connectivity index (χ4v) is 3.20. The standard InChI is InChI=1S/C11H12O3/c12-9-4-5-11-7(6-14-10(11)13)2-1-3-8(9)11/h1-2,7-8H,3-6H2/t7-,8?,11-/m1/s1. The van der Waals surface area contributed by atoms with Crippen LogP contribution in [0.5, 0.6) is 0 Å². The molecule has 1 unspecified atom stereocenters. The Labute approximate surface area is 82.1 Å². The zero-order valence-corrected chi connectivity index (χ0v) is 7.86. The number of Topliss-reactive ketones (excluding diaryl/α,β-unsaturated/α-hetero) is 1. The summed E-state index contributed by atoms with van der Waals surface area (Å²) in [5.41, 5.74) is -0.466. The van der Waals surface area contributed by atoms with Crippen molar-refractivity contribution in [3.8, 4) is 0 Å². The molecule has 3 rings (SSSR count). The smallest absolute Gasteiger partial charge is 0.313 e. The molecule has 0 amide bonds. The lowest BCUT2D eigenvalue weighted by molar-refractivity contribution is -0.149. The van der Waals surface area contributed by atoms with Crippen molar-refractivity contribution in [2.45, 2.75) is 19.3 Å². The van der Waals surface area contributed by atoms with Gasteiger partial charge in [0.15, 0.2) is 0 Å². The van der Waals surface area contributed by atoms with Gasteiger partial charge in [-0.05, 0) is 12.8 Å². The first-order chi connectivity index (χ1) is 6.75. The van der Waals surface area contributed by atoms with Crippen LogP contribution in [0.15, 0.2) is 12.2 Å². The second-order valence-corrected chi connectivity index (χ2v) is 4.43. The molecule has 14 heavy (non-hydrogen) atoms. The quantitative estimate of drug-likeness (QED) is 0.426. The molecule has 2 aliphatic carbocycles. The number of hydrogen-bond donors (Lipinski definition) is 0. The van der Waals surface area contributed by atoms with E-state index in [1.165, 1.54) is 0 Å². The lowest BCUT2D eigenvalue weighted by atomic mass is 9.66. The highest BCUT2D eigenvalue weighted by Gasteiger charge is 2.62. The molecule has 0 aromatic rings. The van der Waals surface area contributed by atoms with Crippen LogP contribution >= 0.6 is 0 Å². The Kier molecular flexibility index (Phi) is 1.45. The number of ether oxygens (including phenoxy) is 1. The molecule has 1 spiro atoms. The van der Waals surface area contributed by atoms with Gasteiger partial charge in [-0.2, -0.15) is 0 Å². The first kappa shape index (κ1) is 8.21. The lowest BCUT2D eigenvalue weighted by Crippen LogP contribution is -2.39. The Morgan fingerprint density at radius 2 is 2.29 bits per heavy atom. The van der Waals surface area contributed by atoms with Gasteiger partial charge in [-0.25, -0.2) is 0 Å². The van der Waals surface area contributed by atoms with E-state index in [0.29, 0.717) is 19.4 Å². The highest BCUT2D eigenvalue weighted by atomic mass is 16.5. The molecule has 1 saturated carbocycles. The average Bonchev–Trinajstić information content (AvgIpc) is 2.70. The third-order valence-corrected chi connectivity index (χ3v) is 3.97. The van der Waals surface area contributed by atoms with Crippen molar-refractivity contribution in [2.24, 2.45) is 17.3 Å². The van der Waals surface area contributed by atoms with Crippen LogP contribution in [0.2, 0.25) is 0 Å². The lowest BCUT2D eigenvalue weighted by Gasteiger charge is -2.32. The number of allylic oxidation sites excluding steroid dienone is 1. The van der Waals surface area contributed by atoms with Crippen LogP contribution < -0.4 is 0 Å². The molecule has 3 heteroatoms. The summed E-state index contributed by atoms with van der Waals surface area (Å²) in [5, 5.41) is 0. The maximum absolute atomic E-state index is 11.7. The van der Waals surface area contributed by atoms with Gasteiger partial charge in [0.2, 0.25) is 0 Å². The minimum atomic E-state index is -0.466. The zero-order valence-electron chi connectivity index (χ0n) is 7.86. The first-order valence-electron chi connectivity index (χ1n) is 5.12. The molecule has 3 atom stereocenters. The zero-order chi connectivity index (χ0) is 9.76. The number of carbonyl (C=O) groups is 2. The van der Waals surface area contributed by atoms with E-state index in [2.05, 4.69) is 6.08 Å². The molecule has 1 saturated heterocycles. The molecule has 1 heterocycles. The van der Waals surface area contributed by atoms with Crippen molar-refractivity contribution in [3.63, 3.8) is 0 Å². The third kappa shape index (κ3) is 0.740. The van der Waals surface area contributed by atoms with E-state index >= 15 is 0 Å². The van der Waals surface area contributed by atoms with Crippen LogP contribution in [-0.4, -0.2) is 18.4 Å². The summed E-state index contributed by atoms with van der Waals surface area (Å²) in [4.78, 5) is 23.4. The van der Waals surface area contributed by atoms with Gasteiger partial charge >= 0.3 is 5.97 Å². The normalized spacial score (nSPS) is 44.9. The van der Waals surface area contributed by atoms with Gasteiger partial charge in [0.1, 0.15) is 5.78 Å². The predicted octanol–water partition coefficient (Wildman–Crippen LogP) is 1.08. The first-order valence-corrected chi connectivity index (χ1v) is 5.12. The molecule has 0 aromatic carbocycles. The predicted molar refractivity (Wildman–Crippen MR) is 48.4 cm³/mol. The topological polar surface area (TPSA) is 43.4 Å². The van der Waals surface area contributed by atoms with Crippen LogP contribution in [0.25, 0.3) is 0 Å². The number of rotatable bonds is 0. The van der Waals surface area contributed by atoms with Crippen molar-refractivity contribution in [1.82, 2.24) is 0 Å². The molecule has 2 fully saturated rings. The van der Waals surface area contributed by atoms with Crippen molar-refractivity contribution in [1.29, 1.82) is 0 Å². The molecule has 74 valence electrons. The van der Waals surface area contributed by atoms with E-state index < -0.39 is 5.41 Å². The minimum absolute atomic E-state index is 0.0903. The molecule has 0 aromatic heterocycles. The van der Waals surface area contributed by atoms with Gasteiger partial charge in [0.25, 0.3) is 0 Å². The van der Waals surface area contributed by atoms with Crippen LogP contribution in [0.4, 0.5) is 0 Å². The summed E-state index contributed by atoms with van der Waals surface area (Å²) in [7, 11) is 0. The van der Waals surface area contributed by atoms with Gasteiger partial charge in [-0.15, -0.1) is 0 Å². The molecule has 3 nitrogen and oxygen atoms in total. The Bertz CT molecular complexity index is 344. The Morgan fingerprint density at radius 3 is 3.14 bits per heavy atom. The van der Waals surface area contributed by atoms with E-state index in [-0.39, 0.29) is 23.6 Å². The number of esters is 1.